The van der Waals surface area contributed by atoms with E-state index in [0.29, 0.717) is 0 Å². The molecular weight excluding hydrogens is 228 g/mol. The summed E-state index contributed by atoms with van der Waals surface area (Å²) in [6.45, 7) is 0. The third-order valence-corrected chi connectivity index (χ3v) is 2.02. The predicted molar refractivity (Wildman–Crippen MR) is 57.9 cm³/mol. The summed E-state index contributed by atoms with van der Waals surface area (Å²) >= 11 is 0. The quantitative estimate of drug-likeness (QED) is 0.292. The van der Waals surface area contributed by atoms with E-state index in [-0.39, 0.29) is 12.8 Å². The Morgan fingerprint density at radius 3 is 1.88 bits per heavy atom. The second-order valence-corrected chi connectivity index (χ2v) is 3.09. The second kappa shape index (κ2) is 8.32. The molecule has 0 radical (unpaired) electrons. The maximum Gasteiger partial charge on any atom is 0.320 e. The lowest BCUT2D eigenvalue weighted by Gasteiger charge is -2.09. The van der Waals surface area contributed by atoms with E-state index < -0.39 is 23.8 Å². The van der Waals surface area contributed by atoms with Crippen molar-refractivity contribution in [3.63, 3.8) is 0 Å². The summed E-state index contributed by atoms with van der Waals surface area (Å²) in [4.78, 5) is 33.3. The molecule has 0 rings (SSSR count). The van der Waals surface area contributed by atoms with Gasteiger partial charge in [-0.15, -0.1) is 0 Å². The van der Waals surface area contributed by atoms with Crippen LogP contribution < -0.4 is 0 Å². The summed E-state index contributed by atoms with van der Waals surface area (Å²) in [6.07, 6.45) is 3.27. The fraction of sp³-hybridized carbons (Fsp3) is 0.545. The zero-order valence-electron chi connectivity index (χ0n) is 10.1. The van der Waals surface area contributed by atoms with Crippen LogP contribution in [0.15, 0.2) is 12.2 Å². The van der Waals surface area contributed by atoms with Gasteiger partial charge in [-0.1, -0.05) is 12.2 Å². The number of methoxy groups -OCH3 is 3. The number of esters is 3. The maximum atomic E-state index is 11.2. The van der Waals surface area contributed by atoms with Gasteiger partial charge in [-0.3, -0.25) is 14.4 Å². The molecule has 0 aliphatic rings. The van der Waals surface area contributed by atoms with E-state index in [1.807, 2.05) is 0 Å². The molecule has 0 saturated carbocycles. The van der Waals surface area contributed by atoms with Gasteiger partial charge in [0.25, 0.3) is 0 Å². The summed E-state index contributed by atoms with van der Waals surface area (Å²) in [5.74, 6) is -2.73. The standard InChI is InChI=1S/C11H16O6/c1-15-9(12)7-5-4-6-8(10(13)16-2)11(14)17-3/h4-5,8H,6-7H2,1-3H3/b5-4+. The largest absolute Gasteiger partial charge is 0.469 e. The Kier molecular flexibility index (Phi) is 7.41. The first-order valence-corrected chi connectivity index (χ1v) is 4.94. The SMILES string of the molecule is COC(=O)C/C=C/CC(C(=O)OC)C(=O)OC. The third kappa shape index (κ3) is 5.70. The topological polar surface area (TPSA) is 78.9 Å². The highest BCUT2D eigenvalue weighted by atomic mass is 16.5. The molecular formula is C11H16O6. The Morgan fingerprint density at radius 1 is 0.941 bits per heavy atom. The molecule has 6 nitrogen and oxygen atoms in total. The van der Waals surface area contributed by atoms with Crippen LogP contribution in [0.2, 0.25) is 0 Å². The molecule has 96 valence electrons. The minimum atomic E-state index is -1.00. The van der Waals surface area contributed by atoms with Crippen molar-refractivity contribution in [1.82, 2.24) is 0 Å². The molecule has 0 saturated heterocycles. The van der Waals surface area contributed by atoms with E-state index in [1.165, 1.54) is 33.5 Å². The molecule has 0 N–H and O–H groups in total. The average molecular weight is 244 g/mol. The highest BCUT2D eigenvalue weighted by Crippen LogP contribution is 2.09. The Morgan fingerprint density at radius 2 is 1.47 bits per heavy atom. The normalized spacial score (nSPS) is 10.4. The van der Waals surface area contributed by atoms with Crippen molar-refractivity contribution in [1.29, 1.82) is 0 Å². The molecule has 6 heteroatoms. The molecule has 0 heterocycles. The summed E-state index contributed by atoms with van der Waals surface area (Å²) in [5, 5.41) is 0. The smallest absolute Gasteiger partial charge is 0.320 e. The molecule has 0 aromatic heterocycles. The molecule has 0 spiro atoms. The van der Waals surface area contributed by atoms with Crippen molar-refractivity contribution in [3.05, 3.63) is 12.2 Å². The van der Waals surface area contributed by atoms with Gasteiger partial charge < -0.3 is 14.2 Å². The second-order valence-electron chi connectivity index (χ2n) is 3.09. The van der Waals surface area contributed by atoms with Crippen molar-refractivity contribution in [2.45, 2.75) is 12.8 Å². The first kappa shape index (κ1) is 15.2. The Bertz CT molecular complexity index is 291. The van der Waals surface area contributed by atoms with E-state index in [4.69, 9.17) is 0 Å². The number of carbonyl (C=O) groups is 3. The van der Waals surface area contributed by atoms with Gasteiger partial charge in [-0.25, -0.2) is 0 Å². The average Bonchev–Trinajstić information content (AvgIpc) is 2.36. The lowest BCUT2D eigenvalue weighted by Crippen LogP contribution is -2.25. The fourth-order valence-corrected chi connectivity index (χ4v) is 1.07. The van der Waals surface area contributed by atoms with Gasteiger partial charge in [0, 0.05) is 0 Å². The van der Waals surface area contributed by atoms with Crippen LogP contribution in [-0.4, -0.2) is 39.2 Å². The summed E-state index contributed by atoms with van der Waals surface area (Å²) in [5.41, 5.74) is 0. The van der Waals surface area contributed by atoms with E-state index >= 15 is 0 Å². The number of rotatable bonds is 6. The van der Waals surface area contributed by atoms with Crippen LogP contribution in [0.5, 0.6) is 0 Å². The van der Waals surface area contributed by atoms with Gasteiger partial charge >= 0.3 is 17.9 Å². The highest BCUT2D eigenvalue weighted by molar-refractivity contribution is 5.94. The molecule has 0 aromatic rings. The Balaban J connectivity index is 4.31. The molecule has 0 fully saturated rings. The maximum absolute atomic E-state index is 11.2. The molecule has 0 aromatic carbocycles. The van der Waals surface area contributed by atoms with E-state index in [9.17, 15) is 14.4 Å². The van der Waals surface area contributed by atoms with Gasteiger partial charge in [0.1, 0.15) is 0 Å². The first-order valence-electron chi connectivity index (χ1n) is 4.94. The lowest BCUT2D eigenvalue weighted by atomic mass is 10.1. The van der Waals surface area contributed by atoms with Crippen LogP contribution in [0.1, 0.15) is 12.8 Å². The molecule has 0 aliphatic carbocycles. The molecule has 0 atom stereocenters. The summed E-state index contributed by atoms with van der Waals surface area (Å²) < 4.78 is 13.4. The van der Waals surface area contributed by atoms with Crippen molar-refractivity contribution in [2.24, 2.45) is 5.92 Å². The monoisotopic (exact) mass is 244 g/mol. The van der Waals surface area contributed by atoms with E-state index in [1.54, 1.807) is 0 Å². The van der Waals surface area contributed by atoms with Crippen LogP contribution in [-0.2, 0) is 28.6 Å². The molecule has 0 aliphatic heterocycles. The van der Waals surface area contributed by atoms with E-state index in [2.05, 4.69) is 14.2 Å². The predicted octanol–water partition coefficient (Wildman–Crippen LogP) is 0.458. The summed E-state index contributed by atoms with van der Waals surface area (Å²) in [7, 11) is 3.66. The van der Waals surface area contributed by atoms with Gasteiger partial charge in [0.15, 0.2) is 5.92 Å². The Hall–Kier alpha value is -1.85. The molecule has 0 unspecified atom stereocenters. The number of hydrogen-bond acceptors (Lipinski definition) is 6. The summed E-state index contributed by atoms with van der Waals surface area (Å²) in [6, 6.07) is 0. The van der Waals surface area contributed by atoms with Gasteiger partial charge in [0.05, 0.1) is 27.8 Å². The number of carbonyl (C=O) groups excluding carboxylic acids is 3. The molecule has 0 amide bonds. The first-order chi connectivity index (χ1) is 8.06. The molecule has 17 heavy (non-hydrogen) atoms. The van der Waals surface area contributed by atoms with Crippen LogP contribution in [0.3, 0.4) is 0 Å². The molecule has 0 bridgehead atoms. The van der Waals surface area contributed by atoms with Gasteiger partial charge in [-0.2, -0.15) is 0 Å². The minimum absolute atomic E-state index is 0.0889. The van der Waals surface area contributed by atoms with E-state index in [0.717, 1.165) is 0 Å². The van der Waals surface area contributed by atoms with Gasteiger partial charge in [-0.05, 0) is 6.42 Å². The minimum Gasteiger partial charge on any atom is -0.469 e. The van der Waals surface area contributed by atoms with Crippen LogP contribution in [0, 0.1) is 5.92 Å². The van der Waals surface area contributed by atoms with Crippen LogP contribution in [0.25, 0.3) is 0 Å². The Labute approximate surface area is 99.5 Å². The zero-order valence-corrected chi connectivity index (χ0v) is 10.1. The van der Waals surface area contributed by atoms with Crippen molar-refractivity contribution >= 4 is 17.9 Å². The number of ether oxygens (including phenoxy) is 3. The van der Waals surface area contributed by atoms with Crippen molar-refractivity contribution in [2.75, 3.05) is 21.3 Å². The zero-order chi connectivity index (χ0) is 13.3. The fourth-order valence-electron chi connectivity index (χ4n) is 1.07. The van der Waals surface area contributed by atoms with Gasteiger partial charge in [0.2, 0.25) is 0 Å². The van der Waals surface area contributed by atoms with Crippen molar-refractivity contribution in [3.8, 4) is 0 Å². The highest BCUT2D eigenvalue weighted by Gasteiger charge is 2.26. The third-order valence-electron chi connectivity index (χ3n) is 2.02. The van der Waals surface area contributed by atoms with Crippen LogP contribution in [0.4, 0.5) is 0 Å². The lowest BCUT2D eigenvalue weighted by molar-refractivity contribution is -0.158. The van der Waals surface area contributed by atoms with Crippen LogP contribution >= 0.6 is 0 Å². The van der Waals surface area contributed by atoms with Crippen molar-refractivity contribution < 1.29 is 28.6 Å². The number of hydrogen-bond donors (Lipinski definition) is 0. The number of allylic oxidation sites excluding steroid dienone is 1.